The predicted octanol–water partition coefficient (Wildman–Crippen LogP) is 8.74. The first-order chi connectivity index (χ1) is 22.5. The lowest BCUT2D eigenvalue weighted by molar-refractivity contribution is -0.192. The molecular weight excluding hydrogens is 628 g/mol. The van der Waals surface area contributed by atoms with Crippen molar-refractivity contribution in [1.29, 1.82) is 0 Å². The second kappa shape index (κ2) is 13.8. The fourth-order valence-corrected chi connectivity index (χ4v) is 7.94. The Bertz CT molecular complexity index is 1380. The summed E-state index contributed by atoms with van der Waals surface area (Å²) < 4.78 is 12.9. The number of rotatable bonds is 9. The van der Waals surface area contributed by atoms with Crippen molar-refractivity contribution in [3.63, 3.8) is 0 Å². The summed E-state index contributed by atoms with van der Waals surface area (Å²) in [6.07, 6.45) is 2.50. The molecule has 1 aromatic rings. The van der Waals surface area contributed by atoms with Crippen LogP contribution in [0.1, 0.15) is 170 Å². The first-order valence-corrected chi connectivity index (χ1v) is 18.8. The standard InChI is InChI=1S/C42H70N2O6/c1-18-19-22-42(34(47)49-30-20-23-38(8,9)43(16)40(30,12)13,35(48)50-31-21-24-39(10,11)44(17)41(31,14)15)33(46)28-25-27(36(2,3)4)26-29(32(28)45)37(5,6)7/h25-26,30-31,45H,18-24H2,1-17H3. The molecule has 3 rings (SSSR count). The van der Waals surface area contributed by atoms with Crippen LogP contribution in [0.4, 0.5) is 0 Å². The highest BCUT2D eigenvalue weighted by Gasteiger charge is 2.60. The molecule has 2 unspecified atom stereocenters. The van der Waals surface area contributed by atoms with E-state index in [-0.39, 0.29) is 34.2 Å². The van der Waals surface area contributed by atoms with E-state index in [1.165, 1.54) is 0 Å². The zero-order valence-corrected chi connectivity index (χ0v) is 34.6. The van der Waals surface area contributed by atoms with E-state index in [0.717, 1.165) is 18.4 Å². The number of likely N-dealkylation sites (N-methyl/N-ethyl adjacent to an activating group) is 2. The first-order valence-electron chi connectivity index (χ1n) is 18.8. The minimum atomic E-state index is -2.32. The molecule has 8 heteroatoms. The highest BCUT2D eigenvalue weighted by atomic mass is 16.6. The molecule has 0 radical (unpaired) electrons. The van der Waals surface area contributed by atoms with Crippen LogP contribution in [0, 0.1) is 5.41 Å². The quantitative estimate of drug-likeness (QED) is 0.155. The van der Waals surface area contributed by atoms with Crippen LogP contribution in [0.15, 0.2) is 12.1 Å². The van der Waals surface area contributed by atoms with E-state index < -0.39 is 51.8 Å². The van der Waals surface area contributed by atoms with Crippen molar-refractivity contribution >= 4 is 17.7 Å². The molecule has 0 amide bonds. The van der Waals surface area contributed by atoms with Gasteiger partial charge in [-0.2, -0.15) is 0 Å². The zero-order valence-electron chi connectivity index (χ0n) is 34.6. The number of piperidine rings is 2. The third-order valence-electron chi connectivity index (χ3n) is 12.7. The van der Waals surface area contributed by atoms with Gasteiger partial charge in [-0.25, -0.2) is 0 Å². The molecule has 0 spiro atoms. The van der Waals surface area contributed by atoms with E-state index in [1.807, 2.05) is 96.3 Å². The molecule has 1 aromatic carbocycles. The summed E-state index contributed by atoms with van der Waals surface area (Å²) in [5.74, 6) is -2.77. The first kappa shape index (κ1) is 42.0. The van der Waals surface area contributed by atoms with Gasteiger partial charge in [0.25, 0.3) is 0 Å². The van der Waals surface area contributed by atoms with Crippen molar-refractivity contribution in [3.05, 3.63) is 28.8 Å². The van der Waals surface area contributed by atoms with E-state index >= 15 is 14.4 Å². The lowest BCUT2D eigenvalue weighted by Crippen LogP contribution is -2.65. The van der Waals surface area contributed by atoms with Crippen molar-refractivity contribution in [3.8, 4) is 5.75 Å². The second-order valence-corrected chi connectivity index (χ2v) is 19.7. The summed E-state index contributed by atoms with van der Waals surface area (Å²) in [6, 6.07) is 3.59. The number of hydrogen-bond acceptors (Lipinski definition) is 8. The Kier molecular flexibility index (Phi) is 11.6. The largest absolute Gasteiger partial charge is 0.507 e. The molecule has 0 aliphatic carbocycles. The SMILES string of the molecule is CCCCC(C(=O)OC1CCC(C)(C)N(C)C1(C)C)(C(=O)OC1CCC(C)(C)N(C)C1(C)C)C(=O)c1cc(C(C)(C)C)cc(C(C)(C)C)c1O. The molecule has 2 saturated heterocycles. The maximum atomic E-state index is 15.4. The smallest absolute Gasteiger partial charge is 0.331 e. The summed E-state index contributed by atoms with van der Waals surface area (Å²) in [7, 11) is 4.05. The molecule has 284 valence electrons. The van der Waals surface area contributed by atoms with Gasteiger partial charge in [-0.3, -0.25) is 24.2 Å². The van der Waals surface area contributed by atoms with E-state index in [1.54, 1.807) is 6.07 Å². The Balaban J connectivity index is 2.31. The van der Waals surface area contributed by atoms with Gasteiger partial charge in [-0.05, 0) is 124 Å². The number of esters is 2. The van der Waals surface area contributed by atoms with Gasteiger partial charge in [0.05, 0.1) is 16.6 Å². The molecule has 2 heterocycles. The summed E-state index contributed by atoms with van der Waals surface area (Å²) in [5, 5.41) is 11.9. The van der Waals surface area contributed by atoms with Crippen LogP contribution in [0.5, 0.6) is 5.75 Å². The van der Waals surface area contributed by atoms with Crippen LogP contribution in [-0.4, -0.2) is 81.1 Å². The molecule has 2 fully saturated rings. The number of likely N-dealkylation sites (tertiary alicyclic amines) is 2. The van der Waals surface area contributed by atoms with Crippen LogP contribution in [0.3, 0.4) is 0 Å². The Morgan fingerprint density at radius 3 is 1.54 bits per heavy atom. The van der Waals surface area contributed by atoms with E-state index in [0.29, 0.717) is 31.2 Å². The number of ketones is 1. The van der Waals surface area contributed by atoms with Crippen LogP contribution >= 0.6 is 0 Å². The number of hydrogen-bond donors (Lipinski definition) is 1. The summed E-state index contributed by atoms with van der Waals surface area (Å²) in [5.41, 5.74) is -3.29. The normalized spacial score (nSPS) is 25.0. The molecule has 2 atom stereocenters. The topological polar surface area (TPSA) is 96.4 Å². The molecule has 1 N–H and O–H groups in total. The number of Topliss-reactive ketones (excluding diaryl/α,β-unsaturated/α-hetero) is 1. The highest BCUT2D eigenvalue weighted by molar-refractivity contribution is 6.26. The molecule has 2 aliphatic heterocycles. The maximum absolute atomic E-state index is 15.4. The van der Waals surface area contributed by atoms with Crippen molar-refractivity contribution in [2.24, 2.45) is 5.41 Å². The fraction of sp³-hybridized carbons (Fsp3) is 0.786. The predicted molar refractivity (Wildman–Crippen MR) is 202 cm³/mol. The zero-order chi connectivity index (χ0) is 38.6. The Morgan fingerprint density at radius 1 is 0.760 bits per heavy atom. The van der Waals surface area contributed by atoms with Crippen molar-refractivity contribution in [2.45, 2.75) is 194 Å². The van der Waals surface area contributed by atoms with Crippen LogP contribution < -0.4 is 0 Å². The molecule has 50 heavy (non-hydrogen) atoms. The second-order valence-electron chi connectivity index (χ2n) is 19.7. The average molecular weight is 699 g/mol. The van der Waals surface area contributed by atoms with Crippen molar-refractivity contribution < 1.29 is 29.0 Å². The number of carbonyl (C=O) groups is 3. The van der Waals surface area contributed by atoms with Crippen LogP contribution in [0.2, 0.25) is 0 Å². The minimum absolute atomic E-state index is 0.0466. The Labute approximate surface area is 304 Å². The van der Waals surface area contributed by atoms with Gasteiger partial charge in [0.2, 0.25) is 5.41 Å². The number of phenolic OH excluding ortho intramolecular Hbond substituents is 1. The van der Waals surface area contributed by atoms with Gasteiger partial charge in [0.15, 0.2) is 5.78 Å². The number of unbranched alkanes of at least 4 members (excludes halogenated alkanes) is 1. The summed E-state index contributed by atoms with van der Waals surface area (Å²) >= 11 is 0. The van der Waals surface area contributed by atoms with Gasteiger partial charge < -0.3 is 14.6 Å². The van der Waals surface area contributed by atoms with Crippen molar-refractivity contribution in [2.75, 3.05) is 14.1 Å². The fourth-order valence-electron chi connectivity index (χ4n) is 7.94. The van der Waals surface area contributed by atoms with Gasteiger partial charge >= 0.3 is 11.9 Å². The van der Waals surface area contributed by atoms with Crippen molar-refractivity contribution in [1.82, 2.24) is 9.80 Å². The lowest BCUT2D eigenvalue weighted by atomic mass is 9.72. The van der Waals surface area contributed by atoms with E-state index in [4.69, 9.17) is 9.47 Å². The number of carbonyl (C=O) groups excluding carboxylic acids is 3. The number of aromatic hydroxyl groups is 1. The van der Waals surface area contributed by atoms with Gasteiger partial charge in [-0.15, -0.1) is 0 Å². The highest BCUT2D eigenvalue weighted by Crippen LogP contribution is 2.46. The average Bonchev–Trinajstić information content (AvgIpc) is 2.97. The molecule has 2 aliphatic rings. The minimum Gasteiger partial charge on any atom is -0.507 e. The third-order valence-corrected chi connectivity index (χ3v) is 12.7. The lowest BCUT2D eigenvalue weighted by Gasteiger charge is -2.55. The molecule has 0 aromatic heterocycles. The number of benzene rings is 1. The Morgan fingerprint density at radius 2 is 1.18 bits per heavy atom. The summed E-state index contributed by atoms with van der Waals surface area (Å²) in [6.45, 7) is 30.8. The van der Waals surface area contributed by atoms with E-state index in [9.17, 15) is 5.11 Å². The molecule has 0 bridgehead atoms. The number of ether oxygens (including phenoxy) is 2. The number of nitrogens with zero attached hydrogens (tertiary/aromatic N) is 2. The van der Waals surface area contributed by atoms with Crippen LogP contribution in [-0.2, 0) is 29.9 Å². The monoisotopic (exact) mass is 699 g/mol. The van der Waals surface area contributed by atoms with Crippen LogP contribution in [0.25, 0.3) is 0 Å². The maximum Gasteiger partial charge on any atom is 0.331 e. The molecule has 0 saturated carbocycles. The Hall–Kier alpha value is -2.45. The molecule has 8 nitrogen and oxygen atoms in total. The summed E-state index contributed by atoms with van der Waals surface area (Å²) in [4.78, 5) is 49.9. The van der Waals surface area contributed by atoms with E-state index in [2.05, 4.69) is 37.5 Å². The van der Waals surface area contributed by atoms with Gasteiger partial charge in [-0.1, -0.05) is 67.4 Å². The third kappa shape index (κ3) is 7.67. The molecular formula is C42H70N2O6. The van der Waals surface area contributed by atoms with Gasteiger partial charge in [0.1, 0.15) is 18.0 Å². The number of phenols is 1. The van der Waals surface area contributed by atoms with Gasteiger partial charge in [0, 0.05) is 16.6 Å².